The van der Waals surface area contributed by atoms with Gasteiger partial charge in [0, 0.05) is 12.8 Å². The maximum absolute atomic E-state index is 12.1. The van der Waals surface area contributed by atoms with E-state index in [0.717, 1.165) is 0 Å². The summed E-state index contributed by atoms with van der Waals surface area (Å²) in [4.78, 5) is 35.3. The number of carbonyl (C=O) groups is 3. The molecular weight excluding hydrogens is 248 g/mol. The molecule has 1 N–H and O–H groups in total. The number of ether oxygens (including phenoxy) is 1. The zero-order chi connectivity index (χ0) is 14.0. The molecule has 0 unspecified atom stereocenters. The van der Waals surface area contributed by atoms with Crippen LogP contribution in [-0.2, 0) is 19.1 Å². The van der Waals surface area contributed by atoms with E-state index in [9.17, 15) is 14.4 Å². The van der Waals surface area contributed by atoms with Crippen molar-refractivity contribution in [3.8, 4) is 6.07 Å². The second kappa shape index (κ2) is 5.00. The molecule has 0 aliphatic heterocycles. The number of ketones is 1. The topological polar surface area (TPSA) is 96.3 Å². The lowest BCUT2D eigenvalue weighted by molar-refractivity contribution is -0.151. The first kappa shape index (κ1) is 13.5. The van der Waals surface area contributed by atoms with E-state index in [1.807, 2.05) is 0 Å². The van der Waals surface area contributed by atoms with Gasteiger partial charge in [-0.2, -0.15) is 5.26 Å². The third-order valence-corrected chi connectivity index (χ3v) is 3.63. The normalized spacial score (nSPS) is 27.5. The van der Waals surface area contributed by atoms with Crippen LogP contribution in [0.1, 0.15) is 32.6 Å². The third kappa shape index (κ3) is 2.75. The average molecular weight is 264 g/mol. The van der Waals surface area contributed by atoms with Gasteiger partial charge in [0.15, 0.2) is 0 Å². The van der Waals surface area contributed by atoms with Crippen molar-refractivity contribution >= 4 is 17.7 Å². The van der Waals surface area contributed by atoms with E-state index in [-0.39, 0.29) is 31.1 Å². The van der Waals surface area contributed by atoms with E-state index in [1.54, 1.807) is 6.92 Å². The molecule has 2 saturated carbocycles. The molecule has 102 valence electrons. The molecule has 0 heterocycles. The zero-order valence-corrected chi connectivity index (χ0v) is 10.8. The van der Waals surface area contributed by atoms with Crippen molar-refractivity contribution in [2.24, 2.45) is 11.8 Å². The van der Waals surface area contributed by atoms with Gasteiger partial charge in [-0.25, -0.2) is 0 Å². The maximum Gasteiger partial charge on any atom is 0.310 e. The van der Waals surface area contributed by atoms with E-state index in [2.05, 4.69) is 11.4 Å². The predicted octanol–water partition coefficient (Wildman–Crippen LogP) is 0.317. The predicted molar refractivity (Wildman–Crippen MR) is 63.6 cm³/mol. The van der Waals surface area contributed by atoms with Crippen LogP contribution in [0.15, 0.2) is 0 Å². The van der Waals surface area contributed by atoms with Crippen LogP contribution in [0.3, 0.4) is 0 Å². The largest absolute Gasteiger partial charge is 0.466 e. The van der Waals surface area contributed by atoms with E-state index in [4.69, 9.17) is 10.00 Å². The Kier molecular flexibility index (Phi) is 3.56. The molecule has 6 heteroatoms. The lowest BCUT2D eigenvalue weighted by atomic mass is 9.95. The van der Waals surface area contributed by atoms with Crippen LogP contribution in [0.25, 0.3) is 0 Å². The van der Waals surface area contributed by atoms with Crippen LogP contribution in [0.4, 0.5) is 0 Å². The molecule has 0 bridgehead atoms. The maximum atomic E-state index is 12.1. The van der Waals surface area contributed by atoms with E-state index >= 15 is 0 Å². The fourth-order valence-corrected chi connectivity index (χ4v) is 2.35. The minimum atomic E-state index is -0.776. The second-order valence-electron chi connectivity index (χ2n) is 5.10. The molecule has 19 heavy (non-hydrogen) atoms. The molecule has 0 aromatic heterocycles. The second-order valence-corrected chi connectivity index (χ2v) is 5.10. The van der Waals surface area contributed by atoms with Gasteiger partial charge < -0.3 is 10.1 Å². The minimum Gasteiger partial charge on any atom is -0.466 e. The Balaban J connectivity index is 2.04. The summed E-state index contributed by atoms with van der Waals surface area (Å²) >= 11 is 0. The molecule has 2 atom stereocenters. The van der Waals surface area contributed by atoms with Crippen molar-refractivity contribution in [2.45, 2.75) is 38.1 Å². The molecule has 0 radical (unpaired) electrons. The van der Waals surface area contributed by atoms with Gasteiger partial charge in [-0.15, -0.1) is 0 Å². The summed E-state index contributed by atoms with van der Waals surface area (Å²) < 4.78 is 4.89. The van der Waals surface area contributed by atoms with Gasteiger partial charge in [0.1, 0.15) is 11.3 Å². The molecule has 0 aromatic carbocycles. The fourth-order valence-electron chi connectivity index (χ4n) is 2.35. The molecular formula is C13H16N2O4. The molecule has 0 spiro atoms. The number of nitrogens with one attached hydrogen (secondary N) is 1. The Morgan fingerprint density at radius 3 is 2.58 bits per heavy atom. The van der Waals surface area contributed by atoms with Crippen molar-refractivity contribution in [1.29, 1.82) is 5.26 Å². The highest BCUT2D eigenvalue weighted by Crippen LogP contribution is 2.37. The monoisotopic (exact) mass is 264 g/mol. The van der Waals surface area contributed by atoms with Crippen molar-refractivity contribution < 1.29 is 19.1 Å². The summed E-state index contributed by atoms with van der Waals surface area (Å²) in [6.07, 6.45) is 1.35. The Morgan fingerprint density at radius 1 is 1.42 bits per heavy atom. The Morgan fingerprint density at radius 2 is 2.05 bits per heavy atom. The summed E-state index contributed by atoms with van der Waals surface area (Å²) in [5.41, 5.74) is -0.776. The molecule has 0 saturated heterocycles. The SMILES string of the molecule is CCOC(=O)[C@@H]1CC(=O)C[C@H]1C(=O)NC1(C#N)CC1. The summed E-state index contributed by atoms with van der Waals surface area (Å²) in [5, 5.41) is 11.6. The molecule has 2 fully saturated rings. The quantitative estimate of drug-likeness (QED) is 0.737. The van der Waals surface area contributed by atoms with Crippen LogP contribution < -0.4 is 5.32 Å². The Hall–Kier alpha value is -1.90. The molecule has 2 rings (SSSR count). The van der Waals surface area contributed by atoms with Gasteiger partial charge in [0.25, 0.3) is 0 Å². The lowest BCUT2D eigenvalue weighted by Gasteiger charge is -2.18. The van der Waals surface area contributed by atoms with Gasteiger partial charge in [0.2, 0.25) is 5.91 Å². The van der Waals surface area contributed by atoms with Crippen molar-refractivity contribution in [3.63, 3.8) is 0 Å². The molecule has 1 amide bonds. The molecule has 2 aliphatic rings. The summed E-state index contributed by atoms with van der Waals surface area (Å²) in [7, 11) is 0. The highest BCUT2D eigenvalue weighted by atomic mass is 16.5. The summed E-state index contributed by atoms with van der Waals surface area (Å²) in [5.74, 6) is -2.41. The fraction of sp³-hybridized carbons (Fsp3) is 0.692. The average Bonchev–Trinajstić information content (AvgIpc) is 3.03. The van der Waals surface area contributed by atoms with E-state index < -0.39 is 23.3 Å². The highest BCUT2D eigenvalue weighted by molar-refractivity contribution is 5.97. The van der Waals surface area contributed by atoms with Gasteiger partial charge in [-0.1, -0.05) is 0 Å². The van der Waals surface area contributed by atoms with Gasteiger partial charge >= 0.3 is 5.97 Å². The summed E-state index contributed by atoms with van der Waals surface area (Å²) in [6, 6.07) is 2.05. The van der Waals surface area contributed by atoms with E-state index in [1.165, 1.54) is 0 Å². The van der Waals surface area contributed by atoms with Crippen LogP contribution in [-0.4, -0.2) is 29.8 Å². The van der Waals surface area contributed by atoms with Crippen molar-refractivity contribution in [2.75, 3.05) is 6.61 Å². The number of nitrogens with zero attached hydrogens (tertiary/aromatic N) is 1. The highest BCUT2D eigenvalue weighted by Gasteiger charge is 2.49. The number of amides is 1. The number of hydrogen-bond acceptors (Lipinski definition) is 5. The Bertz CT molecular complexity index is 462. The first-order chi connectivity index (χ1) is 9.01. The van der Waals surface area contributed by atoms with Crippen LogP contribution >= 0.6 is 0 Å². The molecule has 2 aliphatic carbocycles. The number of Topliss-reactive ketones (excluding diaryl/α,β-unsaturated/α-hetero) is 1. The third-order valence-electron chi connectivity index (χ3n) is 3.63. The van der Waals surface area contributed by atoms with Crippen molar-refractivity contribution in [1.82, 2.24) is 5.32 Å². The first-order valence-corrected chi connectivity index (χ1v) is 6.43. The smallest absolute Gasteiger partial charge is 0.310 e. The zero-order valence-electron chi connectivity index (χ0n) is 10.8. The van der Waals surface area contributed by atoms with Crippen molar-refractivity contribution in [3.05, 3.63) is 0 Å². The van der Waals surface area contributed by atoms with Gasteiger partial charge in [-0.05, 0) is 19.8 Å². The van der Waals surface area contributed by atoms with E-state index in [0.29, 0.717) is 12.8 Å². The first-order valence-electron chi connectivity index (χ1n) is 6.43. The lowest BCUT2D eigenvalue weighted by Crippen LogP contribution is -2.42. The van der Waals surface area contributed by atoms with Gasteiger partial charge in [-0.3, -0.25) is 14.4 Å². The molecule has 0 aromatic rings. The summed E-state index contributed by atoms with van der Waals surface area (Å²) in [6.45, 7) is 1.90. The minimum absolute atomic E-state index is 0.0521. The Labute approximate surface area is 111 Å². The van der Waals surface area contributed by atoms with Crippen LogP contribution in [0.5, 0.6) is 0 Å². The van der Waals surface area contributed by atoms with Crippen LogP contribution in [0, 0.1) is 23.2 Å². The van der Waals surface area contributed by atoms with Gasteiger partial charge in [0.05, 0.1) is 24.5 Å². The number of nitriles is 1. The number of rotatable bonds is 4. The standard InChI is InChI=1S/C13H16N2O4/c1-2-19-12(18)10-6-8(16)5-9(10)11(17)15-13(7-14)3-4-13/h9-10H,2-6H2,1H3,(H,15,17)/t9-,10-/m1/s1. The number of esters is 1. The number of carbonyl (C=O) groups excluding carboxylic acids is 3. The molecule has 6 nitrogen and oxygen atoms in total. The van der Waals surface area contributed by atoms with Crippen LogP contribution in [0.2, 0.25) is 0 Å². The number of hydrogen-bond donors (Lipinski definition) is 1.